The van der Waals surface area contributed by atoms with Gasteiger partial charge in [-0.05, 0) is 67.2 Å². The molecule has 0 aliphatic carbocycles. The molecule has 2 rings (SSSR count). The van der Waals surface area contributed by atoms with E-state index in [1.165, 1.54) is 3.57 Å². The van der Waals surface area contributed by atoms with Crippen LogP contribution < -0.4 is 5.73 Å². The minimum atomic E-state index is 0.357. The number of likely N-dealkylation sites (N-methyl/N-ethyl adjacent to an activating group) is 1. The van der Waals surface area contributed by atoms with E-state index in [9.17, 15) is 0 Å². The Morgan fingerprint density at radius 2 is 2.05 bits per heavy atom. The molecule has 1 unspecified atom stereocenters. The van der Waals surface area contributed by atoms with Crippen LogP contribution >= 0.6 is 22.6 Å². The van der Waals surface area contributed by atoms with Crippen molar-refractivity contribution in [1.82, 2.24) is 14.5 Å². The summed E-state index contributed by atoms with van der Waals surface area (Å²) in [7, 11) is 4.21. The largest absolute Gasteiger partial charge is 0.369 e. The highest BCUT2D eigenvalue weighted by atomic mass is 127. The number of imidazole rings is 1. The topological polar surface area (TPSA) is 47.1 Å². The molecule has 0 aliphatic rings. The molecular formula is C15H23IN4. The number of aromatic nitrogens is 2. The van der Waals surface area contributed by atoms with E-state index in [1.807, 2.05) is 0 Å². The van der Waals surface area contributed by atoms with Crippen LogP contribution in [0.3, 0.4) is 0 Å². The van der Waals surface area contributed by atoms with Gasteiger partial charge in [-0.25, -0.2) is 4.98 Å². The minimum Gasteiger partial charge on any atom is -0.369 e. The third-order valence-corrected chi connectivity index (χ3v) is 4.03. The molecule has 0 saturated heterocycles. The van der Waals surface area contributed by atoms with E-state index in [-0.39, 0.29) is 0 Å². The van der Waals surface area contributed by atoms with E-state index in [0.717, 1.165) is 24.0 Å². The molecule has 1 heterocycles. The van der Waals surface area contributed by atoms with Gasteiger partial charge in [0.05, 0.1) is 17.1 Å². The van der Waals surface area contributed by atoms with Gasteiger partial charge in [-0.15, -0.1) is 0 Å². The second-order valence-electron chi connectivity index (χ2n) is 6.02. The molecule has 20 heavy (non-hydrogen) atoms. The van der Waals surface area contributed by atoms with Gasteiger partial charge < -0.3 is 15.2 Å². The van der Waals surface area contributed by atoms with Crippen LogP contribution in [-0.4, -0.2) is 35.1 Å². The van der Waals surface area contributed by atoms with Gasteiger partial charge in [-0.1, -0.05) is 13.8 Å². The van der Waals surface area contributed by atoms with Crippen molar-refractivity contribution in [3.8, 4) is 0 Å². The van der Waals surface area contributed by atoms with Gasteiger partial charge in [0.15, 0.2) is 0 Å². The van der Waals surface area contributed by atoms with Gasteiger partial charge in [-0.3, -0.25) is 0 Å². The van der Waals surface area contributed by atoms with Crippen LogP contribution in [0.25, 0.3) is 11.0 Å². The van der Waals surface area contributed by atoms with Gasteiger partial charge in [-0.2, -0.15) is 0 Å². The molecule has 110 valence electrons. The van der Waals surface area contributed by atoms with Gasteiger partial charge in [0.2, 0.25) is 5.95 Å². The Kier molecular flexibility index (Phi) is 4.90. The average molecular weight is 386 g/mol. The highest BCUT2D eigenvalue weighted by Crippen LogP contribution is 2.28. The summed E-state index contributed by atoms with van der Waals surface area (Å²) in [6.45, 7) is 5.47. The predicted octanol–water partition coefficient (Wildman–Crippen LogP) is 3.37. The van der Waals surface area contributed by atoms with Crippen LogP contribution in [0.15, 0.2) is 18.2 Å². The van der Waals surface area contributed by atoms with Crippen LogP contribution in [0.2, 0.25) is 0 Å². The molecule has 1 aromatic carbocycles. The zero-order valence-corrected chi connectivity index (χ0v) is 14.8. The summed E-state index contributed by atoms with van der Waals surface area (Å²) >= 11 is 2.31. The molecule has 4 nitrogen and oxygen atoms in total. The molecule has 0 saturated carbocycles. The SMILES string of the molecule is CC(C)CC(CN(C)C)n1c(N)nc2cc(I)ccc21. The number of anilines is 1. The summed E-state index contributed by atoms with van der Waals surface area (Å²) in [5.74, 6) is 1.25. The van der Waals surface area contributed by atoms with E-state index < -0.39 is 0 Å². The molecule has 0 radical (unpaired) electrons. The van der Waals surface area contributed by atoms with E-state index in [4.69, 9.17) is 5.73 Å². The second-order valence-corrected chi connectivity index (χ2v) is 7.26. The lowest BCUT2D eigenvalue weighted by Gasteiger charge is -2.25. The van der Waals surface area contributed by atoms with Crippen LogP contribution in [0.4, 0.5) is 5.95 Å². The van der Waals surface area contributed by atoms with Crippen molar-refractivity contribution in [2.75, 3.05) is 26.4 Å². The highest BCUT2D eigenvalue weighted by Gasteiger charge is 2.19. The zero-order chi connectivity index (χ0) is 14.9. The first kappa shape index (κ1) is 15.6. The standard InChI is InChI=1S/C15H23IN4/c1-10(2)7-12(9-19(3)4)20-14-6-5-11(16)8-13(14)18-15(20)17/h5-6,8,10,12H,7,9H2,1-4H3,(H2,17,18). The van der Waals surface area contributed by atoms with Crippen molar-refractivity contribution in [2.24, 2.45) is 5.92 Å². The molecule has 2 aromatic rings. The smallest absolute Gasteiger partial charge is 0.201 e. The number of nitrogen functional groups attached to an aromatic ring is 1. The lowest BCUT2D eigenvalue weighted by molar-refractivity contribution is 0.294. The quantitative estimate of drug-likeness (QED) is 0.802. The van der Waals surface area contributed by atoms with Gasteiger partial charge in [0, 0.05) is 10.1 Å². The number of rotatable bonds is 5. The molecule has 0 aliphatic heterocycles. The Morgan fingerprint density at radius 1 is 1.35 bits per heavy atom. The highest BCUT2D eigenvalue weighted by molar-refractivity contribution is 14.1. The molecule has 5 heteroatoms. The summed E-state index contributed by atoms with van der Waals surface area (Å²) in [4.78, 5) is 6.74. The zero-order valence-electron chi connectivity index (χ0n) is 12.6. The fourth-order valence-corrected chi connectivity index (χ4v) is 3.18. The molecule has 1 atom stereocenters. The molecule has 1 aromatic heterocycles. The third-order valence-electron chi connectivity index (χ3n) is 3.36. The average Bonchev–Trinajstić information content (AvgIpc) is 2.61. The van der Waals surface area contributed by atoms with Gasteiger partial charge in [0.1, 0.15) is 0 Å². The first-order valence-electron chi connectivity index (χ1n) is 6.96. The summed E-state index contributed by atoms with van der Waals surface area (Å²) in [6.07, 6.45) is 1.10. The molecule has 0 spiro atoms. The second kappa shape index (κ2) is 6.30. The summed E-state index contributed by atoms with van der Waals surface area (Å²) < 4.78 is 3.39. The number of fused-ring (bicyclic) bond motifs is 1. The van der Waals surface area contributed by atoms with Crippen molar-refractivity contribution in [3.63, 3.8) is 0 Å². The number of halogens is 1. The fourth-order valence-electron chi connectivity index (χ4n) is 2.70. The van der Waals surface area contributed by atoms with Gasteiger partial charge in [0.25, 0.3) is 0 Å². The van der Waals surface area contributed by atoms with Crippen molar-refractivity contribution in [1.29, 1.82) is 0 Å². The maximum Gasteiger partial charge on any atom is 0.201 e. The number of benzene rings is 1. The fraction of sp³-hybridized carbons (Fsp3) is 0.533. The van der Waals surface area contributed by atoms with Gasteiger partial charge >= 0.3 is 0 Å². The number of nitrogens with zero attached hydrogens (tertiary/aromatic N) is 3. The molecule has 0 fully saturated rings. The number of hydrogen-bond acceptors (Lipinski definition) is 3. The molecule has 0 bridgehead atoms. The van der Waals surface area contributed by atoms with Crippen molar-refractivity contribution in [3.05, 3.63) is 21.8 Å². The lowest BCUT2D eigenvalue weighted by Crippen LogP contribution is -2.26. The Labute approximate surface area is 134 Å². The minimum absolute atomic E-state index is 0.357. The Bertz CT molecular complexity index is 579. The van der Waals surface area contributed by atoms with Crippen LogP contribution in [-0.2, 0) is 0 Å². The molecule has 0 amide bonds. The monoisotopic (exact) mass is 386 g/mol. The maximum atomic E-state index is 6.19. The number of nitrogens with two attached hydrogens (primary N) is 1. The van der Waals surface area contributed by atoms with E-state index in [0.29, 0.717) is 17.9 Å². The number of hydrogen-bond donors (Lipinski definition) is 1. The van der Waals surface area contributed by atoms with Crippen molar-refractivity contribution < 1.29 is 0 Å². The summed E-state index contributed by atoms with van der Waals surface area (Å²) in [5.41, 5.74) is 8.31. The van der Waals surface area contributed by atoms with E-state index in [1.54, 1.807) is 0 Å². The van der Waals surface area contributed by atoms with Crippen molar-refractivity contribution in [2.45, 2.75) is 26.3 Å². The summed E-state index contributed by atoms with van der Waals surface area (Å²) in [5, 5.41) is 0. The Balaban J connectivity index is 2.48. The first-order chi connectivity index (χ1) is 9.38. The molecular weight excluding hydrogens is 363 g/mol. The van der Waals surface area contributed by atoms with Crippen molar-refractivity contribution >= 4 is 39.6 Å². The maximum absolute atomic E-state index is 6.19. The Hall–Kier alpha value is -0.820. The Morgan fingerprint density at radius 3 is 2.65 bits per heavy atom. The molecule has 2 N–H and O–H groups in total. The van der Waals surface area contributed by atoms with Crippen LogP contribution in [0.5, 0.6) is 0 Å². The van der Waals surface area contributed by atoms with Crippen LogP contribution in [0.1, 0.15) is 26.3 Å². The normalized spacial score (nSPS) is 13.6. The van der Waals surface area contributed by atoms with Crippen LogP contribution in [0, 0.1) is 9.49 Å². The van der Waals surface area contributed by atoms with E-state index >= 15 is 0 Å². The predicted molar refractivity (Wildman–Crippen MR) is 93.9 cm³/mol. The van der Waals surface area contributed by atoms with E-state index in [2.05, 4.69) is 83.2 Å². The first-order valence-corrected chi connectivity index (χ1v) is 8.04. The summed E-state index contributed by atoms with van der Waals surface area (Å²) in [6, 6.07) is 6.69. The third kappa shape index (κ3) is 3.44. The lowest BCUT2D eigenvalue weighted by atomic mass is 10.0.